The number of fused-ring (bicyclic) bond motifs is 1. The second-order valence-electron chi connectivity index (χ2n) is 7.24. The number of anilines is 1. The fourth-order valence-corrected chi connectivity index (χ4v) is 4.07. The average Bonchev–Trinajstić information content (AvgIpc) is 2.99. The van der Waals surface area contributed by atoms with Crippen molar-refractivity contribution in [3.05, 3.63) is 65.2 Å². The van der Waals surface area contributed by atoms with Crippen LogP contribution in [-0.2, 0) is 4.74 Å². The number of benzene rings is 2. The van der Waals surface area contributed by atoms with Gasteiger partial charge in [-0.15, -0.1) is 0 Å². The van der Waals surface area contributed by atoms with E-state index in [1.54, 1.807) is 0 Å². The van der Waals surface area contributed by atoms with E-state index in [0.717, 1.165) is 56.7 Å². The number of hydrogen-bond donors (Lipinski definition) is 0. The molecule has 2 aromatic carbocycles. The molecule has 0 radical (unpaired) electrons. The minimum absolute atomic E-state index is 0.0630. The molecule has 0 spiro atoms. The number of cyclic esters (lactones) is 1. The summed E-state index contributed by atoms with van der Waals surface area (Å²) in [6, 6.07) is 16.4. The van der Waals surface area contributed by atoms with Crippen molar-refractivity contribution in [1.82, 2.24) is 4.90 Å². The zero-order valence-corrected chi connectivity index (χ0v) is 15.4. The first-order chi connectivity index (χ1) is 12.7. The maximum absolute atomic E-state index is 11.9. The lowest BCUT2D eigenvalue weighted by Gasteiger charge is -2.37. The molecule has 0 amide bonds. The molecule has 1 unspecified atom stereocenters. The second kappa shape index (κ2) is 7.50. The van der Waals surface area contributed by atoms with Gasteiger partial charge in [-0.2, -0.15) is 0 Å². The van der Waals surface area contributed by atoms with Crippen LogP contribution in [0, 0.1) is 6.92 Å². The molecule has 0 aliphatic carbocycles. The van der Waals surface area contributed by atoms with E-state index in [1.807, 2.05) is 24.3 Å². The van der Waals surface area contributed by atoms with Crippen LogP contribution >= 0.6 is 0 Å². The van der Waals surface area contributed by atoms with Crippen molar-refractivity contribution in [1.29, 1.82) is 0 Å². The third kappa shape index (κ3) is 3.47. The van der Waals surface area contributed by atoms with Gasteiger partial charge in [-0.3, -0.25) is 4.90 Å². The highest BCUT2D eigenvalue weighted by molar-refractivity contribution is 5.93. The fourth-order valence-electron chi connectivity index (χ4n) is 4.07. The van der Waals surface area contributed by atoms with E-state index >= 15 is 0 Å². The zero-order chi connectivity index (χ0) is 17.9. The smallest absolute Gasteiger partial charge is 0.339 e. The highest BCUT2D eigenvalue weighted by Crippen LogP contribution is 2.33. The first-order valence-corrected chi connectivity index (χ1v) is 9.55. The van der Waals surface area contributed by atoms with Gasteiger partial charge in [0.15, 0.2) is 0 Å². The Labute approximate surface area is 155 Å². The summed E-state index contributed by atoms with van der Waals surface area (Å²) in [6.07, 6.45) is 1.89. The van der Waals surface area contributed by atoms with Crippen molar-refractivity contribution in [2.45, 2.75) is 25.9 Å². The molecule has 26 heavy (non-hydrogen) atoms. The van der Waals surface area contributed by atoms with Gasteiger partial charge in [-0.25, -0.2) is 4.79 Å². The number of nitrogens with zero attached hydrogens (tertiary/aromatic N) is 2. The summed E-state index contributed by atoms with van der Waals surface area (Å²) in [4.78, 5) is 16.9. The molecular weight excluding hydrogens is 324 g/mol. The van der Waals surface area contributed by atoms with Gasteiger partial charge >= 0.3 is 5.97 Å². The van der Waals surface area contributed by atoms with Gasteiger partial charge in [0.25, 0.3) is 0 Å². The number of ether oxygens (including phenoxy) is 1. The Hall–Kier alpha value is -2.33. The van der Waals surface area contributed by atoms with Crippen molar-refractivity contribution < 1.29 is 9.53 Å². The third-order valence-corrected chi connectivity index (χ3v) is 5.55. The van der Waals surface area contributed by atoms with Gasteiger partial charge in [0.2, 0.25) is 0 Å². The predicted molar refractivity (Wildman–Crippen MR) is 104 cm³/mol. The monoisotopic (exact) mass is 350 g/mol. The van der Waals surface area contributed by atoms with Crippen molar-refractivity contribution in [3.63, 3.8) is 0 Å². The molecule has 2 aromatic rings. The van der Waals surface area contributed by atoms with Gasteiger partial charge in [0.1, 0.15) is 6.10 Å². The topological polar surface area (TPSA) is 32.8 Å². The Morgan fingerprint density at radius 1 is 1.00 bits per heavy atom. The maximum Gasteiger partial charge on any atom is 0.339 e. The highest BCUT2D eigenvalue weighted by atomic mass is 16.5. The summed E-state index contributed by atoms with van der Waals surface area (Å²) in [5.74, 6) is -0.169. The van der Waals surface area contributed by atoms with Crippen LogP contribution in [0.3, 0.4) is 0 Å². The summed E-state index contributed by atoms with van der Waals surface area (Å²) in [5, 5.41) is 0. The lowest BCUT2D eigenvalue weighted by molar-refractivity contribution is 0.0358. The van der Waals surface area contributed by atoms with Crippen LogP contribution in [0.25, 0.3) is 0 Å². The molecule has 0 bridgehead atoms. The molecule has 0 saturated carbocycles. The molecule has 0 N–H and O–H groups in total. The van der Waals surface area contributed by atoms with Gasteiger partial charge < -0.3 is 9.64 Å². The zero-order valence-electron chi connectivity index (χ0n) is 15.4. The van der Waals surface area contributed by atoms with Crippen LogP contribution in [0.4, 0.5) is 5.69 Å². The standard InChI is InChI=1S/C22H26N2O2/c1-17-7-2-5-10-20(17)24-15-13-23(14-16-24)12-6-11-21-18-8-3-4-9-19(18)22(25)26-21/h2-5,7-10,21H,6,11-16H2,1H3. The molecule has 0 aromatic heterocycles. The van der Waals surface area contributed by atoms with Crippen molar-refractivity contribution in [3.8, 4) is 0 Å². The Kier molecular flexibility index (Phi) is 4.93. The van der Waals surface area contributed by atoms with Crippen LogP contribution in [0.2, 0.25) is 0 Å². The summed E-state index contributed by atoms with van der Waals surface area (Å²) in [5.41, 5.74) is 4.51. The van der Waals surface area contributed by atoms with E-state index < -0.39 is 0 Å². The van der Waals surface area contributed by atoms with Crippen LogP contribution < -0.4 is 4.90 Å². The summed E-state index contributed by atoms with van der Waals surface area (Å²) in [7, 11) is 0. The van der Waals surface area contributed by atoms with Gasteiger partial charge in [0.05, 0.1) is 5.56 Å². The van der Waals surface area contributed by atoms with Gasteiger partial charge in [-0.05, 0) is 44.0 Å². The van der Waals surface area contributed by atoms with Crippen LogP contribution in [0.1, 0.15) is 40.4 Å². The molecular formula is C22H26N2O2. The minimum Gasteiger partial charge on any atom is -0.454 e. The number of aryl methyl sites for hydroxylation is 1. The van der Waals surface area contributed by atoms with Gasteiger partial charge in [-0.1, -0.05) is 36.4 Å². The highest BCUT2D eigenvalue weighted by Gasteiger charge is 2.30. The van der Waals surface area contributed by atoms with E-state index in [1.165, 1.54) is 11.3 Å². The molecule has 136 valence electrons. The van der Waals surface area contributed by atoms with Crippen molar-refractivity contribution >= 4 is 11.7 Å². The maximum atomic E-state index is 11.9. The van der Waals surface area contributed by atoms with Crippen LogP contribution in [0.5, 0.6) is 0 Å². The van der Waals surface area contributed by atoms with Gasteiger partial charge in [0, 0.05) is 37.4 Å². The molecule has 4 nitrogen and oxygen atoms in total. The average molecular weight is 350 g/mol. The Morgan fingerprint density at radius 3 is 2.54 bits per heavy atom. The number of para-hydroxylation sites is 1. The quantitative estimate of drug-likeness (QED) is 0.768. The van der Waals surface area contributed by atoms with Crippen LogP contribution in [0.15, 0.2) is 48.5 Å². The van der Waals surface area contributed by atoms with E-state index in [9.17, 15) is 4.79 Å². The molecule has 1 saturated heterocycles. The second-order valence-corrected chi connectivity index (χ2v) is 7.24. The van der Waals surface area contributed by atoms with E-state index in [2.05, 4.69) is 41.0 Å². The number of rotatable bonds is 5. The first kappa shape index (κ1) is 17.1. The molecule has 2 aliphatic rings. The molecule has 1 fully saturated rings. The minimum atomic E-state index is -0.169. The largest absolute Gasteiger partial charge is 0.454 e. The number of carbonyl (C=O) groups is 1. The van der Waals surface area contributed by atoms with E-state index in [4.69, 9.17) is 4.74 Å². The molecule has 1 atom stereocenters. The number of esters is 1. The van der Waals surface area contributed by atoms with E-state index in [0.29, 0.717) is 0 Å². The Morgan fingerprint density at radius 2 is 1.73 bits per heavy atom. The summed E-state index contributed by atoms with van der Waals surface area (Å²) >= 11 is 0. The summed E-state index contributed by atoms with van der Waals surface area (Å²) in [6.45, 7) is 7.59. The Balaban J connectivity index is 1.25. The molecule has 2 aliphatic heterocycles. The normalized spacial score (nSPS) is 20.1. The lowest BCUT2D eigenvalue weighted by atomic mass is 10.0. The lowest BCUT2D eigenvalue weighted by Crippen LogP contribution is -2.46. The molecule has 2 heterocycles. The molecule has 4 rings (SSSR count). The SMILES string of the molecule is Cc1ccccc1N1CCN(CCCC2OC(=O)c3ccccc32)CC1. The van der Waals surface area contributed by atoms with E-state index in [-0.39, 0.29) is 12.1 Å². The van der Waals surface area contributed by atoms with Crippen molar-refractivity contribution in [2.24, 2.45) is 0 Å². The first-order valence-electron chi connectivity index (χ1n) is 9.55. The van der Waals surface area contributed by atoms with Crippen LogP contribution in [-0.4, -0.2) is 43.6 Å². The number of hydrogen-bond acceptors (Lipinski definition) is 4. The number of piperazine rings is 1. The predicted octanol–water partition coefficient (Wildman–Crippen LogP) is 3.81. The van der Waals surface area contributed by atoms with Crippen molar-refractivity contribution in [2.75, 3.05) is 37.6 Å². The Bertz CT molecular complexity index is 781. The summed E-state index contributed by atoms with van der Waals surface area (Å²) < 4.78 is 5.54. The third-order valence-electron chi connectivity index (χ3n) is 5.55. The number of carbonyl (C=O) groups excluding carboxylic acids is 1. The molecule has 4 heteroatoms. The fraction of sp³-hybridized carbons (Fsp3) is 0.409.